The van der Waals surface area contributed by atoms with Gasteiger partial charge in [0.2, 0.25) is 5.91 Å². The number of carbonyl (C=O) groups is 1. The highest BCUT2D eigenvalue weighted by atomic mass is 35.5. The first kappa shape index (κ1) is 10.2. The number of nitrogens with one attached hydrogen (secondary N) is 1. The van der Waals surface area contributed by atoms with E-state index in [-0.39, 0.29) is 11.8 Å². The van der Waals surface area contributed by atoms with E-state index in [1.807, 2.05) is 31.2 Å². The molecule has 0 aliphatic carbocycles. The molecule has 4 heteroatoms. The summed E-state index contributed by atoms with van der Waals surface area (Å²) in [7, 11) is 0. The third-order valence-corrected chi connectivity index (χ3v) is 2.91. The maximum absolute atomic E-state index is 11.4. The van der Waals surface area contributed by atoms with Crippen LogP contribution in [0.5, 0.6) is 0 Å². The third kappa shape index (κ3) is 2.02. The van der Waals surface area contributed by atoms with Crippen molar-refractivity contribution >= 4 is 23.2 Å². The topological polar surface area (TPSA) is 41.5 Å². The summed E-state index contributed by atoms with van der Waals surface area (Å²) in [6, 6.07) is 7.56. The van der Waals surface area contributed by atoms with Crippen LogP contribution in [0, 0.1) is 5.92 Å². The van der Waals surface area contributed by atoms with Crippen molar-refractivity contribution in [2.45, 2.75) is 13.3 Å². The fourth-order valence-corrected chi connectivity index (χ4v) is 1.83. The second-order valence-corrected chi connectivity index (χ2v) is 3.98. The molecule has 1 amide bonds. The molecule has 78 valence electrons. The number of hydrazone groups is 1. The molecule has 1 aliphatic rings. The normalized spacial score (nSPS) is 20.0. The van der Waals surface area contributed by atoms with Crippen LogP contribution < -0.4 is 5.43 Å². The number of hydrogen-bond donors (Lipinski definition) is 1. The maximum atomic E-state index is 11.4. The van der Waals surface area contributed by atoms with Crippen LogP contribution in [-0.4, -0.2) is 11.6 Å². The zero-order valence-corrected chi connectivity index (χ0v) is 9.08. The monoisotopic (exact) mass is 222 g/mol. The van der Waals surface area contributed by atoms with Crippen molar-refractivity contribution in [2.75, 3.05) is 0 Å². The standard InChI is InChI=1S/C11H11ClN2O/c1-7-9(11(15)14-13-7)6-8-4-2-3-5-10(8)12/h2-5,9H,6H2,1H3,(H,14,15)/t9-/m0/s1. The van der Waals surface area contributed by atoms with Gasteiger partial charge in [-0.25, -0.2) is 5.43 Å². The fraction of sp³-hybridized carbons (Fsp3) is 0.273. The highest BCUT2D eigenvalue weighted by Crippen LogP contribution is 2.21. The van der Waals surface area contributed by atoms with Gasteiger partial charge in [-0.15, -0.1) is 0 Å². The molecular weight excluding hydrogens is 212 g/mol. The molecule has 0 bridgehead atoms. The van der Waals surface area contributed by atoms with Gasteiger partial charge >= 0.3 is 0 Å². The lowest BCUT2D eigenvalue weighted by Gasteiger charge is -2.08. The highest BCUT2D eigenvalue weighted by molar-refractivity contribution is 6.31. The number of hydrogen-bond acceptors (Lipinski definition) is 2. The number of amides is 1. The van der Waals surface area contributed by atoms with Crippen molar-refractivity contribution in [3.05, 3.63) is 34.9 Å². The molecule has 1 atom stereocenters. The van der Waals surface area contributed by atoms with Crippen LogP contribution in [0.3, 0.4) is 0 Å². The van der Waals surface area contributed by atoms with Gasteiger partial charge in [0.15, 0.2) is 0 Å². The van der Waals surface area contributed by atoms with Crippen molar-refractivity contribution in [2.24, 2.45) is 11.0 Å². The summed E-state index contributed by atoms with van der Waals surface area (Å²) in [4.78, 5) is 11.4. The predicted octanol–water partition coefficient (Wildman–Crippen LogP) is 2.00. The minimum absolute atomic E-state index is 0.0487. The van der Waals surface area contributed by atoms with E-state index in [1.165, 1.54) is 0 Å². The first-order valence-corrected chi connectivity index (χ1v) is 5.13. The van der Waals surface area contributed by atoms with E-state index in [1.54, 1.807) is 0 Å². The molecule has 1 heterocycles. The minimum atomic E-state index is -0.176. The van der Waals surface area contributed by atoms with Crippen molar-refractivity contribution in [1.29, 1.82) is 0 Å². The van der Waals surface area contributed by atoms with Crippen LogP contribution in [0.4, 0.5) is 0 Å². The quantitative estimate of drug-likeness (QED) is 0.817. The van der Waals surface area contributed by atoms with Crippen LogP contribution in [0.1, 0.15) is 12.5 Å². The van der Waals surface area contributed by atoms with E-state index in [4.69, 9.17) is 11.6 Å². The number of carbonyl (C=O) groups excluding carboxylic acids is 1. The van der Waals surface area contributed by atoms with Crippen LogP contribution >= 0.6 is 11.6 Å². The van der Waals surface area contributed by atoms with Crippen LogP contribution in [0.2, 0.25) is 5.02 Å². The van der Waals surface area contributed by atoms with E-state index in [2.05, 4.69) is 10.5 Å². The minimum Gasteiger partial charge on any atom is -0.272 e. The summed E-state index contributed by atoms with van der Waals surface area (Å²) >= 11 is 6.03. The van der Waals surface area contributed by atoms with Gasteiger partial charge in [-0.1, -0.05) is 29.8 Å². The molecule has 0 aromatic heterocycles. The van der Waals surface area contributed by atoms with Crippen LogP contribution in [0.25, 0.3) is 0 Å². The molecule has 1 aromatic rings. The average Bonchev–Trinajstić information content (AvgIpc) is 2.53. The molecule has 0 unspecified atom stereocenters. The zero-order chi connectivity index (χ0) is 10.8. The summed E-state index contributed by atoms with van der Waals surface area (Å²) < 4.78 is 0. The van der Waals surface area contributed by atoms with E-state index >= 15 is 0 Å². The average molecular weight is 223 g/mol. The molecule has 3 nitrogen and oxygen atoms in total. The molecular formula is C11H11ClN2O. The van der Waals surface area contributed by atoms with Crippen LogP contribution in [0.15, 0.2) is 29.4 Å². The molecule has 1 aromatic carbocycles. The largest absolute Gasteiger partial charge is 0.272 e. The summed E-state index contributed by atoms with van der Waals surface area (Å²) in [5, 5.41) is 4.60. The second kappa shape index (κ2) is 4.03. The van der Waals surface area contributed by atoms with Gasteiger partial charge in [0.05, 0.1) is 5.92 Å². The molecule has 0 fully saturated rings. The molecule has 2 rings (SSSR count). The lowest BCUT2D eigenvalue weighted by molar-refractivity contribution is -0.122. The van der Waals surface area contributed by atoms with E-state index in [9.17, 15) is 4.79 Å². The summed E-state index contributed by atoms with van der Waals surface area (Å²) in [6.07, 6.45) is 0.612. The Hall–Kier alpha value is -1.35. The molecule has 0 spiro atoms. The Morgan fingerprint density at radius 1 is 1.47 bits per heavy atom. The van der Waals surface area contributed by atoms with E-state index in [0.29, 0.717) is 11.4 Å². The Morgan fingerprint density at radius 2 is 2.20 bits per heavy atom. The summed E-state index contributed by atoms with van der Waals surface area (Å²) in [6.45, 7) is 1.85. The third-order valence-electron chi connectivity index (χ3n) is 2.55. The van der Waals surface area contributed by atoms with Gasteiger partial charge in [-0.3, -0.25) is 4.79 Å². The Morgan fingerprint density at radius 3 is 2.80 bits per heavy atom. The summed E-state index contributed by atoms with van der Waals surface area (Å²) in [5.41, 5.74) is 4.27. The number of halogens is 1. The number of benzene rings is 1. The molecule has 0 saturated heterocycles. The van der Waals surface area contributed by atoms with E-state index < -0.39 is 0 Å². The Kier molecular flexibility index (Phi) is 2.73. The van der Waals surface area contributed by atoms with Gasteiger partial charge in [-0.05, 0) is 25.0 Å². The van der Waals surface area contributed by atoms with Crippen molar-refractivity contribution in [3.63, 3.8) is 0 Å². The van der Waals surface area contributed by atoms with Crippen molar-refractivity contribution < 1.29 is 4.79 Å². The molecule has 1 aliphatic heterocycles. The van der Waals surface area contributed by atoms with Gasteiger partial charge in [0.25, 0.3) is 0 Å². The molecule has 0 radical (unpaired) electrons. The Labute approximate surface area is 93.1 Å². The predicted molar refractivity (Wildman–Crippen MR) is 59.9 cm³/mol. The summed E-state index contributed by atoms with van der Waals surface area (Å²) in [5.74, 6) is -0.225. The van der Waals surface area contributed by atoms with E-state index in [0.717, 1.165) is 11.3 Å². The fourth-order valence-electron chi connectivity index (χ4n) is 1.61. The zero-order valence-electron chi connectivity index (χ0n) is 8.33. The Bertz CT molecular complexity index is 428. The lowest BCUT2D eigenvalue weighted by Crippen LogP contribution is -2.24. The Balaban J connectivity index is 2.19. The van der Waals surface area contributed by atoms with Gasteiger partial charge in [-0.2, -0.15) is 5.10 Å². The van der Waals surface area contributed by atoms with Gasteiger partial charge in [0.1, 0.15) is 0 Å². The van der Waals surface area contributed by atoms with Crippen molar-refractivity contribution in [1.82, 2.24) is 5.43 Å². The van der Waals surface area contributed by atoms with Gasteiger partial charge in [0, 0.05) is 10.7 Å². The first-order chi connectivity index (χ1) is 7.18. The number of rotatable bonds is 2. The SMILES string of the molecule is CC1=NNC(=O)[C@H]1Cc1ccccc1Cl. The molecule has 1 N–H and O–H groups in total. The number of nitrogens with zero attached hydrogens (tertiary/aromatic N) is 1. The second-order valence-electron chi connectivity index (χ2n) is 3.58. The van der Waals surface area contributed by atoms with Crippen LogP contribution in [-0.2, 0) is 11.2 Å². The maximum Gasteiger partial charge on any atom is 0.249 e. The van der Waals surface area contributed by atoms with Gasteiger partial charge < -0.3 is 0 Å². The smallest absolute Gasteiger partial charge is 0.249 e. The highest BCUT2D eigenvalue weighted by Gasteiger charge is 2.27. The molecule has 15 heavy (non-hydrogen) atoms. The lowest BCUT2D eigenvalue weighted by atomic mass is 9.95. The first-order valence-electron chi connectivity index (χ1n) is 4.76. The molecule has 0 saturated carbocycles. The van der Waals surface area contributed by atoms with Crippen molar-refractivity contribution in [3.8, 4) is 0 Å².